The van der Waals surface area contributed by atoms with Gasteiger partial charge < -0.3 is 10.4 Å². The average molecular weight is 318 g/mol. The van der Waals surface area contributed by atoms with E-state index in [1.165, 1.54) is 6.07 Å². The van der Waals surface area contributed by atoms with E-state index in [1.54, 1.807) is 6.07 Å². The molecule has 0 aliphatic heterocycles. The van der Waals surface area contributed by atoms with E-state index in [4.69, 9.17) is 0 Å². The first kappa shape index (κ1) is 15.6. The minimum Gasteiger partial charge on any atom is -0.392 e. The highest BCUT2D eigenvalue weighted by Gasteiger charge is 2.14. The first-order valence-electron chi connectivity index (χ1n) is 6.41. The summed E-state index contributed by atoms with van der Waals surface area (Å²) in [5.41, 5.74) is 0.882. The van der Waals surface area contributed by atoms with Gasteiger partial charge in [0.05, 0.1) is 10.6 Å². The molecule has 2 N–H and O–H groups in total. The SMILES string of the molecule is CCC(CC)C(O)CNCc1ccc(Br)c(F)c1. The number of rotatable bonds is 7. The third-order valence-electron chi connectivity index (χ3n) is 3.26. The summed E-state index contributed by atoms with van der Waals surface area (Å²) in [6.45, 7) is 5.29. The Morgan fingerprint density at radius 1 is 1.33 bits per heavy atom. The minimum atomic E-state index is -0.333. The Hall–Kier alpha value is -0.450. The van der Waals surface area contributed by atoms with Crippen molar-refractivity contribution in [1.29, 1.82) is 0 Å². The maximum absolute atomic E-state index is 13.3. The molecule has 1 atom stereocenters. The van der Waals surface area contributed by atoms with Gasteiger partial charge in [-0.15, -0.1) is 0 Å². The third-order valence-corrected chi connectivity index (χ3v) is 3.90. The molecule has 0 fully saturated rings. The van der Waals surface area contributed by atoms with E-state index in [-0.39, 0.29) is 11.9 Å². The molecule has 1 aromatic carbocycles. The normalized spacial score (nSPS) is 13.0. The van der Waals surface area contributed by atoms with Gasteiger partial charge >= 0.3 is 0 Å². The van der Waals surface area contributed by atoms with E-state index in [2.05, 4.69) is 35.1 Å². The lowest BCUT2D eigenvalue weighted by molar-refractivity contribution is 0.101. The van der Waals surface area contributed by atoms with Gasteiger partial charge in [-0.25, -0.2) is 4.39 Å². The Kier molecular flexibility index (Phi) is 6.82. The summed E-state index contributed by atoms with van der Waals surface area (Å²) in [6.07, 6.45) is 1.62. The summed E-state index contributed by atoms with van der Waals surface area (Å²) in [7, 11) is 0. The van der Waals surface area contributed by atoms with Crippen molar-refractivity contribution in [1.82, 2.24) is 5.32 Å². The third kappa shape index (κ3) is 4.67. The van der Waals surface area contributed by atoms with Crippen molar-refractivity contribution in [2.45, 2.75) is 39.3 Å². The Morgan fingerprint density at radius 3 is 2.56 bits per heavy atom. The molecule has 0 aliphatic rings. The van der Waals surface area contributed by atoms with Gasteiger partial charge in [-0.2, -0.15) is 0 Å². The first-order chi connectivity index (χ1) is 8.58. The van der Waals surface area contributed by atoms with Gasteiger partial charge in [0.2, 0.25) is 0 Å². The van der Waals surface area contributed by atoms with Crippen molar-refractivity contribution in [3.63, 3.8) is 0 Å². The molecule has 0 amide bonds. The van der Waals surface area contributed by atoms with Gasteiger partial charge in [0.15, 0.2) is 0 Å². The van der Waals surface area contributed by atoms with Crippen molar-refractivity contribution in [2.24, 2.45) is 5.92 Å². The van der Waals surface area contributed by atoms with Crippen LogP contribution in [0, 0.1) is 11.7 Å². The Bertz CT molecular complexity index is 369. The van der Waals surface area contributed by atoms with Crippen LogP contribution in [0.3, 0.4) is 0 Å². The highest BCUT2D eigenvalue weighted by Crippen LogP contribution is 2.16. The maximum atomic E-state index is 13.3. The predicted octanol–water partition coefficient (Wildman–Crippen LogP) is 3.47. The molecule has 4 heteroatoms. The van der Waals surface area contributed by atoms with Gasteiger partial charge in [-0.1, -0.05) is 32.8 Å². The second-order valence-corrected chi connectivity index (χ2v) is 5.38. The number of benzene rings is 1. The summed E-state index contributed by atoms with van der Waals surface area (Å²) in [6, 6.07) is 5.06. The molecule has 1 rings (SSSR count). The molecule has 102 valence electrons. The van der Waals surface area contributed by atoms with Gasteiger partial charge in [-0.05, 0) is 39.5 Å². The van der Waals surface area contributed by atoms with Crippen LogP contribution < -0.4 is 5.32 Å². The van der Waals surface area contributed by atoms with Crippen molar-refractivity contribution in [3.05, 3.63) is 34.1 Å². The molecular weight excluding hydrogens is 297 g/mol. The molecule has 0 saturated carbocycles. The number of nitrogens with one attached hydrogen (secondary N) is 1. The summed E-state index contributed by atoms with van der Waals surface area (Å²) in [5, 5.41) is 13.1. The minimum absolute atomic E-state index is 0.255. The molecule has 18 heavy (non-hydrogen) atoms. The summed E-state index contributed by atoms with van der Waals surface area (Å²) in [5.74, 6) is 0.0778. The number of hydrogen-bond donors (Lipinski definition) is 2. The maximum Gasteiger partial charge on any atom is 0.137 e. The molecule has 0 bridgehead atoms. The van der Waals surface area contributed by atoms with Crippen LogP contribution >= 0.6 is 15.9 Å². The molecule has 1 aromatic rings. The second kappa shape index (κ2) is 7.87. The fourth-order valence-corrected chi connectivity index (χ4v) is 2.26. The molecule has 0 radical (unpaired) electrons. The van der Waals surface area contributed by atoms with Gasteiger partial charge in [-0.3, -0.25) is 0 Å². The van der Waals surface area contributed by atoms with Gasteiger partial charge in [0.1, 0.15) is 5.82 Å². The average Bonchev–Trinajstić information content (AvgIpc) is 2.35. The summed E-state index contributed by atoms with van der Waals surface area (Å²) in [4.78, 5) is 0. The number of aliphatic hydroxyl groups excluding tert-OH is 1. The van der Waals surface area contributed by atoms with Crippen LogP contribution in [0.4, 0.5) is 4.39 Å². The van der Waals surface area contributed by atoms with E-state index < -0.39 is 0 Å². The number of halogens is 2. The lowest BCUT2D eigenvalue weighted by Gasteiger charge is -2.20. The highest BCUT2D eigenvalue weighted by atomic mass is 79.9. The van der Waals surface area contributed by atoms with Crippen molar-refractivity contribution < 1.29 is 9.50 Å². The van der Waals surface area contributed by atoms with Crippen molar-refractivity contribution in [2.75, 3.05) is 6.54 Å². The fraction of sp³-hybridized carbons (Fsp3) is 0.571. The lowest BCUT2D eigenvalue weighted by Crippen LogP contribution is -2.32. The van der Waals surface area contributed by atoms with E-state index >= 15 is 0 Å². The predicted molar refractivity (Wildman–Crippen MR) is 75.9 cm³/mol. The van der Waals surface area contributed by atoms with Crippen molar-refractivity contribution >= 4 is 15.9 Å². The van der Waals surface area contributed by atoms with Crippen LogP contribution in [-0.4, -0.2) is 17.8 Å². The largest absolute Gasteiger partial charge is 0.392 e. The Balaban J connectivity index is 2.39. The van der Waals surface area contributed by atoms with Crippen LogP contribution in [0.2, 0.25) is 0 Å². The molecule has 0 saturated heterocycles. The molecule has 1 unspecified atom stereocenters. The molecule has 2 nitrogen and oxygen atoms in total. The molecule has 0 spiro atoms. The van der Waals surface area contributed by atoms with E-state index in [1.807, 2.05) is 6.07 Å². The zero-order valence-electron chi connectivity index (χ0n) is 10.9. The van der Waals surface area contributed by atoms with Crippen molar-refractivity contribution in [3.8, 4) is 0 Å². The van der Waals surface area contributed by atoms with E-state index in [0.717, 1.165) is 18.4 Å². The van der Waals surface area contributed by atoms with Crippen LogP contribution in [0.25, 0.3) is 0 Å². The van der Waals surface area contributed by atoms with Crippen LogP contribution in [0.15, 0.2) is 22.7 Å². The van der Waals surface area contributed by atoms with Crippen LogP contribution in [-0.2, 0) is 6.54 Å². The topological polar surface area (TPSA) is 32.3 Å². The van der Waals surface area contributed by atoms with Crippen LogP contribution in [0.5, 0.6) is 0 Å². The number of aliphatic hydroxyl groups is 1. The van der Waals surface area contributed by atoms with Gasteiger partial charge in [0.25, 0.3) is 0 Å². The smallest absolute Gasteiger partial charge is 0.137 e. The van der Waals surface area contributed by atoms with E-state index in [9.17, 15) is 9.50 Å². The quantitative estimate of drug-likeness (QED) is 0.807. The molecule has 0 heterocycles. The molecule has 0 aliphatic carbocycles. The lowest BCUT2D eigenvalue weighted by atomic mass is 9.96. The molecular formula is C14H21BrFNO. The first-order valence-corrected chi connectivity index (χ1v) is 7.20. The Morgan fingerprint density at radius 2 is 2.00 bits per heavy atom. The summed E-state index contributed by atoms with van der Waals surface area (Å²) >= 11 is 3.12. The highest BCUT2D eigenvalue weighted by molar-refractivity contribution is 9.10. The number of hydrogen-bond acceptors (Lipinski definition) is 2. The zero-order chi connectivity index (χ0) is 13.5. The van der Waals surface area contributed by atoms with Crippen LogP contribution in [0.1, 0.15) is 32.3 Å². The Labute approximate surface area is 117 Å². The van der Waals surface area contributed by atoms with Gasteiger partial charge in [0, 0.05) is 13.1 Å². The standard InChI is InChI=1S/C14H21BrFNO/c1-3-11(4-2)14(18)9-17-8-10-5-6-12(15)13(16)7-10/h5-7,11,14,17-18H,3-4,8-9H2,1-2H3. The second-order valence-electron chi connectivity index (χ2n) is 4.52. The monoisotopic (exact) mass is 317 g/mol. The fourth-order valence-electron chi connectivity index (χ4n) is 2.01. The molecule has 0 aromatic heterocycles. The zero-order valence-corrected chi connectivity index (χ0v) is 12.5. The van der Waals surface area contributed by atoms with E-state index in [0.29, 0.717) is 23.5 Å². The summed E-state index contributed by atoms with van der Waals surface area (Å²) < 4.78 is 13.8.